The summed E-state index contributed by atoms with van der Waals surface area (Å²) >= 11 is 0. The smallest absolute Gasteiger partial charge is 0.239 e. The van der Waals surface area contributed by atoms with Crippen molar-refractivity contribution in [1.29, 1.82) is 0 Å². The van der Waals surface area contributed by atoms with Crippen LogP contribution in [0.15, 0.2) is 24.4 Å². The largest absolute Gasteiger partial charge is 0.339 e. The lowest BCUT2D eigenvalue weighted by Crippen LogP contribution is -2.41. The maximum absolute atomic E-state index is 12.0. The van der Waals surface area contributed by atoms with Gasteiger partial charge in [0.15, 0.2) is 0 Å². The molecule has 2 heterocycles. The van der Waals surface area contributed by atoms with Crippen LogP contribution in [0.25, 0.3) is 0 Å². The van der Waals surface area contributed by atoms with E-state index in [9.17, 15) is 4.79 Å². The molecule has 0 spiro atoms. The van der Waals surface area contributed by atoms with E-state index in [2.05, 4.69) is 10.3 Å². The third-order valence-corrected chi connectivity index (χ3v) is 2.86. The van der Waals surface area contributed by atoms with Gasteiger partial charge < -0.3 is 10.2 Å². The molecule has 1 N–H and O–H groups in total. The Labute approximate surface area is 95.7 Å². The molecule has 1 amide bonds. The first-order chi connectivity index (χ1) is 7.77. The number of likely N-dealkylation sites (N-methyl/N-ethyl adjacent to an activating group) is 1. The predicted octanol–water partition coefficient (Wildman–Crippen LogP) is 0.792. The summed E-state index contributed by atoms with van der Waals surface area (Å²) in [5, 5.41) is 3.21. The minimum Gasteiger partial charge on any atom is -0.339 e. The Balaban J connectivity index is 1.92. The van der Waals surface area contributed by atoms with Crippen LogP contribution < -0.4 is 5.32 Å². The van der Waals surface area contributed by atoms with Crippen molar-refractivity contribution < 1.29 is 4.79 Å². The summed E-state index contributed by atoms with van der Waals surface area (Å²) in [4.78, 5) is 17.9. The number of hydrogen-bond donors (Lipinski definition) is 1. The third-order valence-electron chi connectivity index (χ3n) is 2.86. The molecule has 1 atom stereocenters. The van der Waals surface area contributed by atoms with Crippen molar-refractivity contribution in [2.24, 2.45) is 0 Å². The zero-order chi connectivity index (χ0) is 11.4. The molecule has 1 fully saturated rings. The number of carbonyl (C=O) groups excluding carboxylic acids is 1. The summed E-state index contributed by atoms with van der Waals surface area (Å²) in [7, 11) is 1.83. The first kappa shape index (κ1) is 11.1. The van der Waals surface area contributed by atoms with Gasteiger partial charge in [0, 0.05) is 13.2 Å². The molecule has 4 heteroatoms. The second-order valence-corrected chi connectivity index (χ2v) is 4.16. The van der Waals surface area contributed by atoms with Gasteiger partial charge in [-0.25, -0.2) is 0 Å². The minimum absolute atomic E-state index is 0.00807. The molecular weight excluding hydrogens is 202 g/mol. The van der Waals surface area contributed by atoms with Crippen LogP contribution in [0, 0.1) is 0 Å². The van der Waals surface area contributed by atoms with Gasteiger partial charge >= 0.3 is 0 Å². The molecule has 1 aliphatic heterocycles. The summed E-state index contributed by atoms with van der Waals surface area (Å²) in [5.74, 6) is 0.170. The molecule has 16 heavy (non-hydrogen) atoms. The van der Waals surface area contributed by atoms with Gasteiger partial charge in [0.05, 0.1) is 18.3 Å². The molecule has 1 aromatic heterocycles. The molecule has 0 radical (unpaired) electrons. The Morgan fingerprint density at radius 1 is 1.62 bits per heavy atom. The highest BCUT2D eigenvalue weighted by Crippen LogP contribution is 2.09. The van der Waals surface area contributed by atoms with Gasteiger partial charge in [-0.1, -0.05) is 6.07 Å². The molecule has 0 aliphatic carbocycles. The van der Waals surface area contributed by atoms with Crippen LogP contribution in [0.3, 0.4) is 0 Å². The standard InChI is InChI=1S/C12H17N3O/c1-15(9-10-5-2-3-7-13-10)12(16)11-6-4-8-14-11/h2-3,5,7,11,14H,4,6,8-9H2,1H3/t11-/m1/s1. The minimum atomic E-state index is 0.00807. The Morgan fingerprint density at radius 3 is 3.12 bits per heavy atom. The van der Waals surface area contributed by atoms with Crippen LogP contribution in [0.4, 0.5) is 0 Å². The van der Waals surface area contributed by atoms with Crippen molar-refractivity contribution >= 4 is 5.91 Å². The highest BCUT2D eigenvalue weighted by molar-refractivity contribution is 5.81. The average molecular weight is 219 g/mol. The Hall–Kier alpha value is -1.42. The summed E-state index contributed by atoms with van der Waals surface area (Å²) < 4.78 is 0. The number of rotatable bonds is 3. The Morgan fingerprint density at radius 2 is 2.50 bits per heavy atom. The van der Waals surface area contributed by atoms with Gasteiger partial charge in [-0.15, -0.1) is 0 Å². The molecule has 0 bridgehead atoms. The van der Waals surface area contributed by atoms with Gasteiger partial charge in [0.25, 0.3) is 0 Å². The average Bonchev–Trinajstić information content (AvgIpc) is 2.83. The SMILES string of the molecule is CN(Cc1ccccn1)C(=O)[C@H]1CCCN1. The van der Waals surface area contributed by atoms with Crippen LogP contribution in [0.1, 0.15) is 18.5 Å². The van der Waals surface area contributed by atoms with Crippen LogP contribution in [0.2, 0.25) is 0 Å². The Bertz CT molecular complexity index is 347. The van der Waals surface area contributed by atoms with Crippen LogP contribution >= 0.6 is 0 Å². The number of amides is 1. The number of nitrogens with zero attached hydrogens (tertiary/aromatic N) is 2. The van der Waals surface area contributed by atoms with E-state index in [1.807, 2.05) is 25.2 Å². The van der Waals surface area contributed by atoms with Crippen LogP contribution in [-0.4, -0.2) is 35.4 Å². The zero-order valence-corrected chi connectivity index (χ0v) is 9.52. The van der Waals surface area contributed by atoms with E-state index < -0.39 is 0 Å². The van der Waals surface area contributed by atoms with Crippen molar-refractivity contribution in [1.82, 2.24) is 15.2 Å². The summed E-state index contributed by atoms with van der Waals surface area (Å²) in [6.45, 7) is 1.53. The van der Waals surface area contributed by atoms with Crippen LogP contribution in [-0.2, 0) is 11.3 Å². The predicted molar refractivity (Wildman–Crippen MR) is 61.7 cm³/mol. The number of carbonyl (C=O) groups is 1. The van der Waals surface area contributed by atoms with Crippen molar-refractivity contribution in [2.45, 2.75) is 25.4 Å². The van der Waals surface area contributed by atoms with Crippen molar-refractivity contribution in [3.05, 3.63) is 30.1 Å². The van der Waals surface area contributed by atoms with Crippen LogP contribution in [0.5, 0.6) is 0 Å². The topological polar surface area (TPSA) is 45.2 Å². The monoisotopic (exact) mass is 219 g/mol. The molecule has 4 nitrogen and oxygen atoms in total. The number of hydrogen-bond acceptors (Lipinski definition) is 3. The number of nitrogens with one attached hydrogen (secondary N) is 1. The van der Waals surface area contributed by atoms with E-state index in [0.717, 1.165) is 25.1 Å². The third kappa shape index (κ3) is 2.58. The fourth-order valence-electron chi connectivity index (χ4n) is 1.97. The second-order valence-electron chi connectivity index (χ2n) is 4.16. The summed E-state index contributed by atoms with van der Waals surface area (Å²) in [6, 6.07) is 5.76. The van der Waals surface area contributed by atoms with Crippen molar-refractivity contribution in [3.63, 3.8) is 0 Å². The first-order valence-electron chi connectivity index (χ1n) is 5.65. The second kappa shape index (κ2) is 5.07. The van der Waals surface area contributed by atoms with Gasteiger partial charge in [0.1, 0.15) is 0 Å². The fraction of sp³-hybridized carbons (Fsp3) is 0.500. The van der Waals surface area contributed by atoms with E-state index in [4.69, 9.17) is 0 Å². The van der Waals surface area contributed by atoms with E-state index in [1.54, 1.807) is 11.1 Å². The highest BCUT2D eigenvalue weighted by Gasteiger charge is 2.24. The number of pyridine rings is 1. The van der Waals surface area contributed by atoms with Crippen molar-refractivity contribution in [2.75, 3.05) is 13.6 Å². The highest BCUT2D eigenvalue weighted by atomic mass is 16.2. The quantitative estimate of drug-likeness (QED) is 0.817. The number of aromatic nitrogens is 1. The summed E-state index contributed by atoms with van der Waals surface area (Å²) in [5.41, 5.74) is 0.927. The molecule has 2 rings (SSSR count). The lowest BCUT2D eigenvalue weighted by Gasteiger charge is -2.20. The zero-order valence-electron chi connectivity index (χ0n) is 9.52. The maximum Gasteiger partial charge on any atom is 0.239 e. The lowest BCUT2D eigenvalue weighted by molar-refractivity contribution is -0.132. The lowest BCUT2D eigenvalue weighted by atomic mass is 10.2. The molecular formula is C12H17N3O. The van der Waals surface area contributed by atoms with Gasteiger partial charge in [0.2, 0.25) is 5.91 Å². The van der Waals surface area contributed by atoms with Gasteiger partial charge in [-0.05, 0) is 31.5 Å². The Kier molecular flexibility index (Phi) is 3.51. The molecule has 0 saturated carbocycles. The molecule has 1 aliphatic rings. The molecule has 0 unspecified atom stereocenters. The van der Waals surface area contributed by atoms with E-state index in [0.29, 0.717) is 6.54 Å². The molecule has 1 saturated heterocycles. The van der Waals surface area contributed by atoms with E-state index in [-0.39, 0.29) is 11.9 Å². The molecule has 0 aromatic carbocycles. The first-order valence-corrected chi connectivity index (χ1v) is 5.65. The maximum atomic E-state index is 12.0. The van der Waals surface area contributed by atoms with E-state index in [1.165, 1.54) is 0 Å². The van der Waals surface area contributed by atoms with Crippen molar-refractivity contribution in [3.8, 4) is 0 Å². The molecule has 86 valence electrons. The fourth-order valence-corrected chi connectivity index (χ4v) is 1.97. The summed E-state index contributed by atoms with van der Waals surface area (Å²) in [6.07, 6.45) is 3.79. The van der Waals surface area contributed by atoms with Gasteiger partial charge in [-0.3, -0.25) is 9.78 Å². The van der Waals surface area contributed by atoms with E-state index >= 15 is 0 Å². The molecule has 1 aromatic rings. The normalized spacial score (nSPS) is 19.7. The van der Waals surface area contributed by atoms with Gasteiger partial charge in [-0.2, -0.15) is 0 Å².